The molecule has 4 heteroatoms. The van der Waals surface area contributed by atoms with Crippen LogP contribution < -0.4 is 0 Å². The van der Waals surface area contributed by atoms with Crippen LogP contribution in [0.4, 0.5) is 0 Å². The van der Waals surface area contributed by atoms with E-state index in [2.05, 4.69) is 0 Å². The normalized spacial score (nSPS) is 13.9. The molecule has 0 saturated carbocycles. The fraction of sp³-hybridized carbons (Fsp3) is 0.600. The first-order valence-electron chi connectivity index (χ1n) is 2.53. The molecule has 0 bridgehead atoms. The monoisotopic (exact) mass is 134 g/mol. The van der Waals surface area contributed by atoms with E-state index >= 15 is 0 Å². The molecule has 0 radical (unpaired) electrons. The van der Waals surface area contributed by atoms with Crippen LogP contribution in [-0.4, -0.2) is 26.2 Å². The zero-order chi connectivity index (χ0) is 7.49. The van der Waals surface area contributed by atoms with Crippen molar-refractivity contribution in [2.45, 2.75) is 19.1 Å². The van der Waals surface area contributed by atoms with Crippen LogP contribution in [-0.2, 0) is 0 Å². The van der Waals surface area contributed by atoms with Crippen molar-refractivity contribution in [3.63, 3.8) is 0 Å². The fourth-order valence-electron chi connectivity index (χ4n) is 0.284. The van der Waals surface area contributed by atoms with Crippen molar-refractivity contribution in [3.05, 3.63) is 12.0 Å². The van der Waals surface area contributed by atoms with Gasteiger partial charge in [0.2, 0.25) is 5.79 Å². The van der Waals surface area contributed by atoms with Crippen molar-refractivity contribution in [1.29, 1.82) is 0 Å². The Morgan fingerprint density at radius 1 is 1.56 bits per heavy atom. The highest BCUT2D eigenvalue weighted by Gasteiger charge is 2.25. The zero-order valence-electron chi connectivity index (χ0n) is 5.07. The molecule has 0 aliphatic carbocycles. The highest BCUT2D eigenvalue weighted by molar-refractivity contribution is 4.96. The van der Waals surface area contributed by atoms with Gasteiger partial charge in [-0.1, -0.05) is 6.92 Å². The van der Waals surface area contributed by atoms with Gasteiger partial charge in [0, 0.05) is 6.42 Å². The van der Waals surface area contributed by atoms with Crippen LogP contribution in [0.15, 0.2) is 12.0 Å². The molecule has 0 aromatic carbocycles. The quantitative estimate of drug-likeness (QED) is 0.317. The predicted molar refractivity (Wildman–Crippen MR) is 30.8 cm³/mol. The first-order chi connectivity index (χ1) is 4.04. The summed E-state index contributed by atoms with van der Waals surface area (Å²) >= 11 is 0. The maximum absolute atomic E-state index is 8.67. The molecule has 0 aliphatic heterocycles. The summed E-state index contributed by atoms with van der Waals surface area (Å²) in [4.78, 5) is 0. The van der Waals surface area contributed by atoms with Crippen molar-refractivity contribution in [2.75, 3.05) is 0 Å². The molecule has 0 fully saturated rings. The van der Waals surface area contributed by atoms with E-state index < -0.39 is 11.5 Å². The van der Waals surface area contributed by atoms with E-state index in [4.69, 9.17) is 20.4 Å². The second-order valence-electron chi connectivity index (χ2n) is 1.68. The lowest BCUT2D eigenvalue weighted by atomic mass is 10.2. The smallest absolute Gasteiger partial charge is 0.225 e. The minimum Gasteiger partial charge on any atom is -0.512 e. The van der Waals surface area contributed by atoms with Crippen LogP contribution in [0.25, 0.3) is 0 Å². The van der Waals surface area contributed by atoms with E-state index in [9.17, 15) is 0 Å². The van der Waals surface area contributed by atoms with Gasteiger partial charge >= 0.3 is 0 Å². The summed E-state index contributed by atoms with van der Waals surface area (Å²) in [6, 6.07) is 0. The highest BCUT2D eigenvalue weighted by atomic mass is 16.5. The summed E-state index contributed by atoms with van der Waals surface area (Å²) < 4.78 is 0. The summed E-state index contributed by atoms with van der Waals surface area (Å²) in [6.07, 6.45) is 0.180. The number of hydrogen-bond donors (Lipinski definition) is 4. The summed E-state index contributed by atoms with van der Waals surface area (Å²) in [5.41, 5.74) is 0. The molecule has 4 nitrogen and oxygen atoms in total. The van der Waals surface area contributed by atoms with E-state index in [0.717, 1.165) is 0 Å². The Hall–Kier alpha value is -0.740. The molecule has 0 aromatic heterocycles. The average molecular weight is 134 g/mol. The molecule has 0 unspecified atom stereocenters. The first kappa shape index (κ1) is 8.26. The molecule has 0 saturated heterocycles. The van der Waals surface area contributed by atoms with E-state index in [0.29, 0.717) is 0 Å². The van der Waals surface area contributed by atoms with Gasteiger partial charge in [-0.25, -0.2) is 0 Å². The molecule has 0 atom stereocenters. The average Bonchev–Trinajstić information content (AvgIpc) is 1.86. The van der Waals surface area contributed by atoms with Crippen molar-refractivity contribution in [2.24, 2.45) is 0 Å². The SMILES string of the molecule is CCC(O)(O)/C(O)=C/O. The fourth-order valence-corrected chi connectivity index (χ4v) is 0.284. The lowest BCUT2D eigenvalue weighted by Gasteiger charge is -2.16. The van der Waals surface area contributed by atoms with Crippen LogP contribution in [0.5, 0.6) is 0 Å². The van der Waals surface area contributed by atoms with Crippen molar-refractivity contribution in [1.82, 2.24) is 0 Å². The lowest BCUT2D eigenvalue weighted by molar-refractivity contribution is -0.154. The number of aliphatic hydroxyl groups excluding tert-OH is 2. The van der Waals surface area contributed by atoms with E-state index in [1.807, 2.05) is 0 Å². The topological polar surface area (TPSA) is 80.9 Å². The Labute approximate surface area is 52.7 Å². The molecule has 4 N–H and O–H groups in total. The zero-order valence-corrected chi connectivity index (χ0v) is 5.07. The largest absolute Gasteiger partial charge is 0.512 e. The summed E-state index contributed by atoms with van der Waals surface area (Å²) in [5, 5.41) is 33.9. The molecular weight excluding hydrogens is 124 g/mol. The van der Waals surface area contributed by atoms with Crippen molar-refractivity contribution < 1.29 is 20.4 Å². The Bertz CT molecular complexity index is 116. The van der Waals surface area contributed by atoms with Gasteiger partial charge in [0.05, 0.1) is 0 Å². The molecule has 0 rings (SSSR count). The lowest BCUT2D eigenvalue weighted by Crippen LogP contribution is -2.29. The van der Waals surface area contributed by atoms with Gasteiger partial charge in [0.25, 0.3) is 0 Å². The Morgan fingerprint density at radius 3 is 2.11 bits per heavy atom. The van der Waals surface area contributed by atoms with Gasteiger partial charge in [0.15, 0.2) is 5.76 Å². The maximum Gasteiger partial charge on any atom is 0.225 e. The second-order valence-corrected chi connectivity index (χ2v) is 1.68. The third kappa shape index (κ3) is 1.91. The van der Waals surface area contributed by atoms with E-state index in [1.54, 1.807) is 0 Å². The van der Waals surface area contributed by atoms with Gasteiger partial charge in [0.1, 0.15) is 6.26 Å². The Kier molecular flexibility index (Phi) is 2.48. The van der Waals surface area contributed by atoms with Crippen molar-refractivity contribution >= 4 is 0 Å². The third-order valence-corrected chi connectivity index (χ3v) is 1.03. The number of rotatable bonds is 2. The molecule has 0 amide bonds. The minimum absolute atomic E-state index is 0.0735. The summed E-state index contributed by atoms with van der Waals surface area (Å²) in [7, 11) is 0. The van der Waals surface area contributed by atoms with Gasteiger partial charge in [-0.3, -0.25) is 0 Å². The highest BCUT2D eigenvalue weighted by Crippen LogP contribution is 2.12. The maximum atomic E-state index is 8.67. The Morgan fingerprint density at radius 2 is 2.00 bits per heavy atom. The summed E-state index contributed by atoms with van der Waals surface area (Å²) in [5.74, 6) is -3.13. The molecular formula is C5H10O4. The van der Waals surface area contributed by atoms with Gasteiger partial charge in [-0.2, -0.15) is 0 Å². The minimum atomic E-state index is -2.28. The summed E-state index contributed by atoms with van der Waals surface area (Å²) in [6.45, 7) is 1.46. The van der Waals surface area contributed by atoms with E-state index in [1.165, 1.54) is 6.92 Å². The molecule has 9 heavy (non-hydrogen) atoms. The van der Waals surface area contributed by atoms with Crippen molar-refractivity contribution in [3.8, 4) is 0 Å². The van der Waals surface area contributed by atoms with Crippen LogP contribution in [0.2, 0.25) is 0 Å². The van der Waals surface area contributed by atoms with Gasteiger partial charge in [-0.05, 0) is 0 Å². The van der Waals surface area contributed by atoms with Crippen LogP contribution in [0, 0.1) is 0 Å². The first-order valence-corrected chi connectivity index (χ1v) is 2.53. The standard InChI is InChI=1S/C5H10O4/c1-2-5(8,9)4(7)3-6/h3,6-9H,2H2,1H3/b4-3-. The Balaban J connectivity index is 4.14. The molecule has 0 aliphatic rings. The van der Waals surface area contributed by atoms with E-state index in [-0.39, 0.29) is 12.7 Å². The van der Waals surface area contributed by atoms with Gasteiger partial charge in [-0.15, -0.1) is 0 Å². The molecule has 0 aromatic rings. The third-order valence-electron chi connectivity index (χ3n) is 1.03. The molecule has 0 spiro atoms. The van der Waals surface area contributed by atoms with Crippen LogP contribution >= 0.6 is 0 Å². The van der Waals surface area contributed by atoms with Crippen LogP contribution in [0.1, 0.15) is 13.3 Å². The van der Waals surface area contributed by atoms with Crippen LogP contribution in [0.3, 0.4) is 0 Å². The molecule has 54 valence electrons. The molecule has 0 heterocycles. The predicted octanol–water partition coefficient (Wildman–Crippen LogP) is 0.0347. The number of hydrogen-bond acceptors (Lipinski definition) is 4. The van der Waals surface area contributed by atoms with Gasteiger partial charge < -0.3 is 20.4 Å². The second kappa shape index (κ2) is 2.70. The number of aliphatic hydroxyl groups is 4.